The topological polar surface area (TPSA) is 112 Å². The number of carbonyl (C=O) groups excluding carboxylic acids is 2. The van der Waals surface area contributed by atoms with E-state index in [0.717, 1.165) is 5.52 Å². The second-order valence-corrected chi connectivity index (χ2v) is 8.02. The monoisotopic (exact) mass is 491 g/mol. The van der Waals surface area contributed by atoms with Crippen molar-refractivity contribution in [3.8, 4) is 5.75 Å². The molecular weight excluding hydrogens is 462 g/mol. The Balaban J connectivity index is 1.64. The average molecular weight is 492 g/mol. The summed E-state index contributed by atoms with van der Waals surface area (Å²) in [5, 5.41) is 11.2. The van der Waals surface area contributed by atoms with Gasteiger partial charge in [-0.1, -0.05) is 29.5 Å². The van der Waals surface area contributed by atoms with E-state index in [2.05, 4.69) is 15.6 Å². The number of nitrogens with one attached hydrogen (secondary N) is 1. The summed E-state index contributed by atoms with van der Waals surface area (Å²) in [6, 6.07) is 17.2. The van der Waals surface area contributed by atoms with E-state index >= 15 is 0 Å². The minimum Gasteiger partial charge on any atom is -0.494 e. The largest absolute Gasteiger partial charge is 0.494 e. The van der Waals surface area contributed by atoms with E-state index < -0.39 is 6.04 Å². The molecule has 10 nitrogen and oxygen atoms in total. The number of hydrogen-bond donors (Lipinski definition) is 1. The van der Waals surface area contributed by atoms with Crippen molar-refractivity contribution in [3.05, 3.63) is 78.3 Å². The van der Waals surface area contributed by atoms with Crippen LogP contribution in [-0.2, 0) is 27.4 Å². The third kappa shape index (κ3) is 5.89. The van der Waals surface area contributed by atoms with Crippen LogP contribution in [-0.4, -0.2) is 58.6 Å². The summed E-state index contributed by atoms with van der Waals surface area (Å²) >= 11 is 0. The van der Waals surface area contributed by atoms with Crippen molar-refractivity contribution in [3.63, 3.8) is 0 Å². The SMILES string of the molecule is CCOc1ccc([C@@H](C(=O)NCc2ccco2)N(CCOC)C(=O)Cn2nnc3ccccc32)cc1. The molecule has 0 aliphatic carbocycles. The Hall–Kier alpha value is -4.18. The van der Waals surface area contributed by atoms with Gasteiger partial charge in [0.25, 0.3) is 0 Å². The second-order valence-electron chi connectivity index (χ2n) is 8.02. The van der Waals surface area contributed by atoms with Crippen LogP contribution >= 0.6 is 0 Å². The molecule has 4 rings (SSSR count). The summed E-state index contributed by atoms with van der Waals surface area (Å²) in [6.45, 7) is 2.99. The van der Waals surface area contributed by atoms with Gasteiger partial charge in [0.1, 0.15) is 29.6 Å². The average Bonchev–Trinajstić information content (AvgIpc) is 3.56. The number of ether oxygens (including phenoxy) is 2. The molecule has 2 heterocycles. The summed E-state index contributed by atoms with van der Waals surface area (Å²) in [4.78, 5) is 28.7. The van der Waals surface area contributed by atoms with Gasteiger partial charge >= 0.3 is 0 Å². The number of carbonyl (C=O) groups is 2. The normalized spacial score (nSPS) is 11.8. The molecule has 0 aliphatic heterocycles. The molecule has 0 spiro atoms. The predicted octanol–water partition coefficient (Wildman–Crippen LogP) is 2.96. The highest BCUT2D eigenvalue weighted by molar-refractivity contribution is 5.89. The Morgan fingerprint density at radius 2 is 1.92 bits per heavy atom. The molecule has 4 aromatic rings. The van der Waals surface area contributed by atoms with Gasteiger partial charge in [-0.05, 0) is 48.9 Å². The van der Waals surface area contributed by atoms with E-state index in [0.29, 0.717) is 29.2 Å². The van der Waals surface area contributed by atoms with Crippen LogP contribution in [0, 0.1) is 0 Å². The number of benzene rings is 2. The Bertz CT molecular complexity index is 1270. The van der Waals surface area contributed by atoms with Crippen LogP contribution < -0.4 is 10.1 Å². The van der Waals surface area contributed by atoms with Crippen LogP contribution in [0.25, 0.3) is 11.0 Å². The Morgan fingerprint density at radius 1 is 1.11 bits per heavy atom. The minimum atomic E-state index is -0.909. The number of nitrogens with zero attached hydrogens (tertiary/aromatic N) is 4. The molecule has 0 saturated heterocycles. The first-order chi connectivity index (χ1) is 17.6. The molecule has 10 heteroatoms. The van der Waals surface area contributed by atoms with Gasteiger partial charge in [-0.25, -0.2) is 4.68 Å². The maximum Gasteiger partial charge on any atom is 0.247 e. The van der Waals surface area contributed by atoms with E-state index in [4.69, 9.17) is 13.9 Å². The molecule has 0 radical (unpaired) electrons. The van der Waals surface area contributed by atoms with Crippen LogP contribution in [0.4, 0.5) is 0 Å². The highest BCUT2D eigenvalue weighted by atomic mass is 16.5. The third-order valence-corrected chi connectivity index (χ3v) is 5.65. The zero-order valence-electron chi connectivity index (χ0n) is 20.3. The van der Waals surface area contributed by atoms with Gasteiger partial charge in [0.2, 0.25) is 11.8 Å². The summed E-state index contributed by atoms with van der Waals surface area (Å²) in [5.74, 6) is 0.649. The molecule has 0 saturated carbocycles. The molecule has 1 N–H and O–H groups in total. The second kappa shape index (κ2) is 12.0. The fourth-order valence-electron chi connectivity index (χ4n) is 3.91. The van der Waals surface area contributed by atoms with Gasteiger partial charge < -0.3 is 24.1 Å². The van der Waals surface area contributed by atoms with Gasteiger partial charge in [0.05, 0.1) is 31.5 Å². The molecule has 2 aromatic carbocycles. The van der Waals surface area contributed by atoms with Crippen molar-refractivity contribution in [2.24, 2.45) is 0 Å². The molecule has 188 valence electrons. The number of para-hydroxylation sites is 1. The molecular formula is C26H29N5O5. The van der Waals surface area contributed by atoms with Crippen molar-refractivity contribution in [1.29, 1.82) is 0 Å². The smallest absolute Gasteiger partial charge is 0.247 e. The zero-order valence-corrected chi connectivity index (χ0v) is 20.3. The van der Waals surface area contributed by atoms with Crippen molar-refractivity contribution in [2.75, 3.05) is 26.9 Å². The first-order valence-corrected chi connectivity index (χ1v) is 11.7. The van der Waals surface area contributed by atoms with E-state index in [9.17, 15) is 9.59 Å². The fourth-order valence-corrected chi connectivity index (χ4v) is 3.91. The van der Waals surface area contributed by atoms with Gasteiger partial charge in [0.15, 0.2) is 0 Å². The van der Waals surface area contributed by atoms with Crippen LogP contribution in [0.2, 0.25) is 0 Å². The van der Waals surface area contributed by atoms with Gasteiger partial charge in [-0.15, -0.1) is 5.10 Å². The summed E-state index contributed by atoms with van der Waals surface area (Å²) in [7, 11) is 1.55. The Morgan fingerprint density at radius 3 is 2.64 bits per heavy atom. The maximum atomic E-state index is 13.6. The third-order valence-electron chi connectivity index (χ3n) is 5.65. The lowest BCUT2D eigenvalue weighted by atomic mass is 10.0. The molecule has 0 fully saturated rings. The van der Waals surface area contributed by atoms with Crippen molar-refractivity contribution < 1.29 is 23.5 Å². The summed E-state index contributed by atoms with van der Waals surface area (Å²) in [6.07, 6.45) is 1.54. The molecule has 2 aromatic heterocycles. The van der Waals surface area contributed by atoms with Crippen molar-refractivity contribution in [2.45, 2.75) is 26.1 Å². The van der Waals surface area contributed by atoms with Crippen molar-refractivity contribution in [1.82, 2.24) is 25.2 Å². The highest BCUT2D eigenvalue weighted by Crippen LogP contribution is 2.25. The van der Waals surface area contributed by atoms with Crippen LogP contribution in [0.3, 0.4) is 0 Å². The molecule has 36 heavy (non-hydrogen) atoms. The summed E-state index contributed by atoms with van der Waals surface area (Å²) in [5.41, 5.74) is 2.06. The molecule has 1 atom stereocenters. The number of fused-ring (bicyclic) bond motifs is 1. The number of rotatable bonds is 12. The van der Waals surface area contributed by atoms with Crippen molar-refractivity contribution >= 4 is 22.8 Å². The van der Waals surface area contributed by atoms with Gasteiger partial charge in [-0.3, -0.25) is 9.59 Å². The molecule has 0 bridgehead atoms. The first-order valence-electron chi connectivity index (χ1n) is 11.7. The lowest BCUT2D eigenvalue weighted by Crippen LogP contribution is -2.46. The zero-order chi connectivity index (χ0) is 25.3. The molecule has 2 amide bonds. The van der Waals surface area contributed by atoms with E-state index in [1.165, 1.54) is 9.58 Å². The Kier molecular flexibility index (Phi) is 8.30. The number of methoxy groups -OCH3 is 1. The quantitative estimate of drug-likeness (QED) is 0.324. The van der Waals surface area contributed by atoms with Crippen LogP contribution in [0.15, 0.2) is 71.3 Å². The summed E-state index contributed by atoms with van der Waals surface area (Å²) < 4.78 is 17.7. The number of aromatic nitrogens is 3. The fraction of sp³-hybridized carbons (Fsp3) is 0.308. The Labute approximate surface area is 208 Å². The standard InChI is InChI=1S/C26H29N5O5/c1-3-35-20-12-10-19(11-13-20)25(26(33)27-17-21-7-6-15-36-21)30(14-16-34-2)24(32)18-31-23-9-5-4-8-22(23)28-29-31/h4-13,15,25H,3,14,16-18H2,1-2H3,(H,27,33)/t25-/m0/s1. The van der Waals surface area contributed by atoms with Gasteiger partial charge in [-0.2, -0.15) is 0 Å². The number of amides is 2. The lowest BCUT2D eigenvalue weighted by Gasteiger charge is -2.31. The van der Waals surface area contributed by atoms with Gasteiger partial charge in [0, 0.05) is 13.7 Å². The number of furan rings is 1. The van der Waals surface area contributed by atoms with E-state index in [1.807, 2.05) is 31.2 Å². The molecule has 0 aliphatic rings. The predicted molar refractivity (Wildman–Crippen MR) is 132 cm³/mol. The highest BCUT2D eigenvalue weighted by Gasteiger charge is 2.32. The minimum absolute atomic E-state index is 0.0801. The van der Waals surface area contributed by atoms with Crippen LogP contribution in [0.5, 0.6) is 5.75 Å². The first kappa shape index (κ1) is 24.9. The molecule has 0 unspecified atom stereocenters. The maximum absolute atomic E-state index is 13.6. The van der Waals surface area contributed by atoms with E-state index in [1.54, 1.807) is 49.8 Å². The number of hydrogen-bond acceptors (Lipinski definition) is 7. The van der Waals surface area contributed by atoms with Crippen LogP contribution in [0.1, 0.15) is 24.3 Å². The lowest BCUT2D eigenvalue weighted by molar-refractivity contribution is -0.142. The van der Waals surface area contributed by atoms with E-state index in [-0.39, 0.29) is 38.1 Å².